The number of benzene rings is 5. The zero-order chi connectivity index (χ0) is 29.2. The third-order valence-corrected chi connectivity index (χ3v) is 10.0. The summed E-state index contributed by atoms with van der Waals surface area (Å²) in [6, 6.07) is 43.4. The Morgan fingerprint density at radius 1 is 0.682 bits per heavy atom. The molecule has 9 rings (SSSR count). The lowest BCUT2D eigenvalue weighted by atomic mass is 9.95. The number of aromatic nitrogens is 1. The number of fused-ring (bicyclic) bond motifs is 8. The molecule has 5 aromatic carbocycles. The monoisotopic (exact) mass is 572 g/mol. The summed E-state index contributed by atoms with van der Waals surface area (Å²) in [5.74, 6) is 0.0768. The van der Waals surface area contributed by atoms with E-state index < -0.39 is 0 Å². The summed E-state index contributed by atoms with van der Waals surface area (Å²) < 4.78 is 8.44. The number of rotatable bonds is 4. The molecule has 1 saturated heterocycles. The minimum Gasteiger partial charge on any atom is -0.448 e. The van der Waals surface area contributed by atoms with Gasteiger partial charge in [-0.15, -0.1) is 0 Å². The van der Waals surface area contributed by atoms with Gasteiger partial charge >= 0.3 is 6.09 Å². The Morgan fingerprint density at radius 3 is 1.91 bits per heavy atom. The number of carbonyl (C=O) groups excluding carboxylic acids is 1. The van der Waals surface area contributed by atoms with Gasteiger partial charge in [0, 0.05) is 28.4 Å². The SMILES string of the molecule is O=C(OCC1c2ccccc2-c2ccccc21)N1C2C=C(c3ccc(-n4c5ccccc5c5ccccc54)cc3)CC1CC2. The lowest BCUT2D eigenvalue weighted by Crippen LogP contribution is -2.43. The summed E-state index contributed by atoms with van der Waals surface area (Å²) >= 11 is 0. The highest BCUT2D eigenvalue weighted by Crippen LogP contribution is 2.45. The van der Waals surface area contributed by atoms with Crippen LogP contribution in [0.4, 0.5) is 4.79 Å². The average molecular weight is 573 g/mol. The van der Waals surface area contributed by atoms with Crippen LogP contribution in [0.2, 0.25) is 0 Å². The van der Waals surface area contributed by atoms with Crippen molar-refractivity contribution in [2.75, 3.05) is 6.61 Å². The molecule has 0 N–H and O–H groups in total. The van der Waals surface area contributed by atoms with Crippen molar-refractivity contribution in [1.29, 1.82) is 0 Å². The lowest BCUT2D eigenvalue weighted by molar-refractivity contribution is 0.0866. The van der Waals surface area contributed by atoms with Crippen molar-refractivity contribution in [3.05, 3.63) is 144 Å². The van der Waals surface area contributed by atoms with Gasteiger partial charge in [-0.3, -0.25) is 4.90 Å². The molecule has 3 heterocycles. The molecule has 2 unspecified atom stereocenters. The first-order valence-electron chi connectivity index (χ1n) is 15.7. The molecule has 4 heteroatoms. The van der Waals surface area contributed by atoms with E-state index in [2.05, 4.69) is 132 Å². The van der Waals surface area contributed by atoms with E-state index in [1.807, 2.05) is 4.90 Å². The Hall–Kier alpha value is -5.09. The van der Waals surface area contributed by atoms with Gasteiger partial charge in [-0.2, -0.15) is 0 Å². The van der Waals surface area contributed by atoms with E-state index in [1.165, 1.54) is 55.2 Å². The topological polar surface area (TPSA) is 34.5 Å². The third kappa shape index (κ3) is 3.87. The van der Waals surface area contributed by atoms with Crippen molar-refractivity contribution in [1.82, 2.24) is 9.47 Å². The van der Waals surface area contributed by atoms with Gasteiger partial charge in [0.1, 0.15) is 6.61 Å². The predicted molar refractivity (Wildman–Crippen MR) is 177 cm³/mol. The van der Waals surface area contributed by atoms with E-state index in [-0.39, 0.29) is 24.1 Å². The van der Waals surface area contributed by atoms with Crippen LogP contribution in [0.3, 0.4) is 0 Å². The van der Waals surface area contributed by atoms with Crippen LogP contribution in [0.1, 0.15) is 41.9 Å². The predicted octanol–water partition coefficient (Wildman–Crippen LogP) is 9.35. The van der Waals surface area contributed by atoms with Gasteiger partial charge in [-0.25, -0.2) is 4.79 Å². The summed E-state index contributed by atoms with van der Waals surface area (Å²) in [6.07, 6.45) is 4.97. The minimum absolute atomic E-state index is 0.0768. The Bertz CT molecular complexity index is 2010. The summed E-state index contributed by atoms with van der Waals surface area (Å²) in [4.78, 5) is 15.5. The van der Waals surface area contributed by atoms with Crippen LogP contribution in [0.25, 0.3) is 44.2 Å². The summed E-state index contributed by atoms with van der Waals surface area (Å²) in [5, 5.41) is 2.54. The van der Waals surface area contributed by atoms with Crippen LogP contribution >= 0.6 is 0 Å². The molecular weight excluding hydrogens is 540 g/mol. The first-order valence-corrected chi connectivity index (χ1v) is 15.7. The van der Waals surface area contributed by atoms with Gasteiger partial charge in [-0.05, 0) is 76.9 Å². The number of nitrogens with zero attached hydrogens (tertiary/aromatic N) is 2. The molecule has 44 heavy (non-hydrogen) atoms. The fourth-order valence-electron chi connectivity index (χ4n) is 8.02. The maximum absolute atomic E-state index is 13.5. The third-order valence-electron chi connectivity index (χ3n) is 10.0. The molecule has 0 spiro atoms. The molecule has 4 nitrogen and oxygen atoms in total. The first kappa shape index (κ1) is 25.4. The van der Waals surface area contributed by atoms with Crippen molar-refractivity contribution < 1.29 is 9.53 Å². The first-order chi connectivity index (χ1) is 21.7. The van der Waals surface area contributed by atoms with E-state index >= 15 is 0 Å². The van der Waals surface area contributed by atoms with Crippen LogP contribution in [-0.2, 0) is 4.74 Å². The molecule has 1 amide bonds. The number of carbonyl (C=O) groups is 1. The number of hydrogen-bond acceptors (Lipinski definition) is 2. The molecule has 1 aliphatic carbocycles. The second kappa shape index (κ2) is 9.99. The fourth-order valence-corrected chi connectivity index (χ4v) is 8.02. The molecule has 2 bridgehead atoms. The van der Waals surface area contributed by atoms with Crippen molar-refractivity contribution in [3.63, 3.8) is 0 Å². The molecule has 0 saturated carbocycles. The van der Waals surface area contributed by atoms with Crippen molar-refractivity contribution >= 4 is 33.5 Å². The maximum atomic E-state index is 13.5. The molecule has 2 aliphatic heterocycles. The molecule has 3 aliphatic rings. The second-order valence-corrected chi connectivity index (χ2v) is 12.3. The zero-order valence-electron chi connectivity index (χ0n) is 24.4. The summed E-state index contributed by atoms with van der Waals surface area (Å²) in [6.45, 7) is 0.365. The minimum atomic E-state index is -0.184. The molecule has 0 radical (unpaired) electrons. The van der Waals surface area contributed by atoms with Crippen molar-refractivity contribution in [2.45, 2.75) is 37.3 Å². The van der Waals surface area contributed by atoms with Crippen LogP contribution < -0.4 is 0 Å². The highest BCUT2D eigenvalue weighted by Gasteiger charge is 2.41. The van der Waals surface area contributed by atoms with Crippen LogP contribution in [-0.4, -0.2) is 34.3 Å². The smallest absolute Gasteiger partial charge is 0.410 e. The van der Waals surface area contributed by atoms with Gasteiger partial charge in [0.2, 0.25) is 0 Å². The molecule has 214 valence electrons. The molecule has 1 aromatic heterocycles. The van der Waals surface area contributed by atoms with Crippen molar-refractivity contribution in [2.24, 2.45) is 0 Å². The average Bonchev–Trinajstić information content (AvgIpc) is 3.68. The van der Waals surface area contributed by atoms with E-state index in [1.54, 1.807) is 0 Å². The van der Waals surface area contributed by atoms with Crippen LogP contribution in [0.15, 0.2) is 127 Å². The highest BCUT2D eigenvalue weighted by molar-refractivity contribution is 6.09. The zero-order valence-corrected chi connectivity index (χ0v) is 24.4. The van der Waals surface area contributed by atoms with E-state index in [0.717, 1.165) is 24.9 Å². The molecule has 6 aromatic rings. The van der Waals surface area contributed by atoms with E-state index in [0.29, 0.717) is 6.61 Å². The second-order valence-electron chi connectivity index (χ2n) is 12.3. The van der Waals surface area contributed by atoms with Gasteiger partial charge in [0.15, 0.2) is 0 Å². The highest BCUT2D eigenvalue weighted by atomic mass is 16.6. The van der Waals surface area contributed by atoms with Gasteiger partial charge < -0.3 is 9.30 Å². The normalized spacial score (nSPS) is 18.8. The summed E-state index contributed by atoms with van der Waals surface area (Å²) in [7, 11) is 0. The van der Waals surface area contributed by atoms with E-state index in [9.17, 15) is 4.79 Å². The fraction of sp³-hybridized carbons (Fsp3) is 0.175. The molecule has 2 atom stereocenters. The largest absolute Gasteiger partial charge is 0.448 e. The number of hydrogen-bond donors (Lipinski definition) is 0. The van der Waals surface area contributed by atoms with Crippen LogP contribution in [0, 0.1) is 0 Å². The standard InChI is InChI=1S/C40H32N2O2/c43-40(44-25-37-33-11-3-1-9-31(33)32-10-2-4-12-34(32)37)41-29-21-22-30(41)24-27(23-29)26-17-19-28(20-18-26)42-38-15-7-5-13-35(38)36-14-6-8-16-39(36)42/h1-20,23,29-30,37H,21-22,24-25H2. The Morgan fingerprint density at radius 2 is 1.27 bits per heavy atom. The molecule has 1 fully saturated rings. The number of para-hydroxylation sites is 2. The van der Waals surface area contributed by atoms with Gasteiger partial charge in [0.25, 0.3) is 0 Å². The molecular formula is C40H32N2O2. The lowest BCUT2D eigenvalue weighted by Gasteiger charge is -2.33. The summed E-state index contributed by atoms with van der Waals surface area (Å²) in [5.41, 5.74) is 11.1. The quantitative estimate of drug-likeness (QED) is 0.211. The number of amides is 1. The van der Waals surface area contributed by atoms with Gasteiger partial charge in [0.05, 0.1) is 17.1 Å². The van der Waals surface area contributed by atoms with E-state index in [4.69, 9.17) is 4.74 Å². The Labute approximate surface area is 256 Å². The van der Waals surface area contributed by atoms with Crippen LogP contribution in [0.5, 0.6) is 0 Å². The Balaban J connectivity index is 0.951. The van der Waals surface area contributed by atoms with Crippen molar-refractivity contribution in [3.8, 4) is 16.8 Å². The van der Waals surface area contributed by atoms with Gasteiger partial charge in [-0.1, -0.05) is 103 Å². The number of ether oxygens (including phenoxy) is 1. The Kier molecular flexibility index (Phi) is 5.77. The maximum Gasteiger partial charge on any atom is 0.410 e.